The molecule has 0 spiro atoms. The van der Waals surface area contributed by atoms with Crippen LogP contribution in [0.2, 0.25) is 5.02 Å². The van der Waals surface area contributed by atoms with Gasteiger partial charge in [-0.15, -0.1) is 11.3 Å². The number of carbonyl (C=O) groups is 2. The van der Waals surface area contributed by atoms with Crippen molar-refractivity contribution < 1.29 is 14.7 Å². The van der Waals surface area contributed by atoms with Crippen molar-refractivity contribution in [3.63, 3.8) is 0 Å². The number of halogens is 1. The van der Waals surface area contributed by atoms with Crippen LogP contribution in [0.5, 0.6) is 0 Å². The first-order valence-electron chi connectivity index (χ1n) is 10.8. The number of carbonyl (C=O) groups excluding carboxylic acids is 1. The molecule has 1 aliphatic rings. The molecule has 0 aliphatic heterocycles. The van der Waals surface area contributed by atoms with E-state index in [0.717, 1.165) is 57.7 Å². The van der Waals surface area contributed by atoms with E-state index in [1.165, 1.54) is 17.8 Å². The molecule has 0 radical (unpaired) electrons. The summed E-state index contributed by atoms with van der Waals surface area (Å²) in [6.45, 7) is 0. The number of Topliss-reactive ketones (excluding diaryl/α,β-unsaturated/α-hetero) is 1. The first-order chi connectivity index (χ1) is 15.0. The smallest absolute Gasteiger partial charge is 0.303 e. The Morgan fingerprint density at radius 1 is 0.968 bits per heavy atom. The Hall–Kier alpha value is -2.43. The molecule has 1 saturated carbocycles. The van der Waals surface area contributed by atoms with Crippen LogP contribution in [0.25, 0.3) is 21.6 Å². The number of aryl methyl sites for hydroxylation is 1. The van der Waals surface area contributed by atoms with E-state index in [-0.39, 0.29) is 18.1 Å². The van der Waals surface area contributed by atoms with Gasteiger partial charge < -0.3 is 5.11 Å². The van der Waals surface area contributed by atoms with Crippen molar-refractivity contribution in [1.29, 1.82) is 0 Å². The second-order valence-electron chi connectivity index (χ2n) is 8.11. The average molecular weight is 453 g/mol. The number of hydrogen-bond acceptors (Lipinski definition) is 3. The zero-order chi connectivity index (χ0) is 21.8. The summed E-state index contributed by atoms with van der Waals surface area (Å²) >= 11 is 7.64. The maximum Gasteiger partial charge on any atom is 0.303 e. The Balaban J connectivity index is 1.79. The minimum absolute atomic E-state index is 0.0747. The van der Waals surface area contributed by atoms with E-state index >= 15 is 0 Å². The number of rotatable bonds is 7. The third-order valence-electron chi connectivity index (χ3n) is 5.97. The summed E-state index contributed by atoms with van der Waals surface area (Å²) in [4.78, 5) is 26.3. The summed E-state index contributed by atoms with van der Waals surface area (Å²) in [5, 5.41) is 9.83. The summed E-state index contributed by atoms with van der Waals surface area (Å²) in [5.41, 5.74) is 3.98. The number of carboxylic acid groups (broad SMARTS) is 1. The van der Waals surface area contributed by atoms with Gasteiger partial charge in [0.25, 0.3) is 0 Å². The third kappa shape index (κ3) is 5.08. The van der Waals surface area contributed by atoms with Crippen LogP contribution in [0.3, 0.4) is 0 Å². The van der Waals surface area contributed by atoms with Crippen molar-refractivity contribution in [3.05, 3.63) is 70.1 Å². The van der Waals surface area contributed by atoms with Gasteiger partial charge in [0.2, 0.25) is 0 Å². The standard InChI is InChI=1S/C26H25ClO3S/c27-20-13-10-19(11-14-20)26-22(21-9-5-4-6-17(21)12-15-24(28)29)16-23(31-26)25(30)18-7-2-1-3-8-18/h4-6,9-11,13-14,16,18H,1-3,7-8,12,15H2,(H,28,29). The Kier molecular flexibility index (Phi) is 6.89. The quantitative estimate of drug-likeness (QED) is 0.377. The summed E-state index contributed by atoms with van der Waals surface area (Å²) in [6.07, 6.45) is 5.92. The van der Waals surface area contributed by atoms with E-state index < -0.39 is 5.97 Å². The maximum absolute atomic E-state index is 13.3. The van der Waals surface area contributed by atoms with Crippen LogP contribution in [-0.4, -0.2) is 16.9 Å². The van der Waals surface area contributed by atoms with E-state index in [2.05, 4.69) is 0 Å². The van der Waals surface area contributed by atoms with Gasteiger partial charge in [-0.1, -0.05) is 67.3 Å². The SMILES string of the molecule is O=C(O)CCc1ccccc1-c1cc(C(=O)C2CCCCC2)sc1-c1ccc(Cl)cc1. The highest BCUT2D eigenvalue weighted by Gasteiger charge is 2.26. The number of aliphatic carboxylic acids is 1. The molecule has 31 heavy (non-hydrogen) atoms. The Labute approximate surface area is 191 Å². The monoisotopic (exact) mass is 452 g/mol. The molecule has 1 fully saturated rings. The predicted molar refractivity (Wildman–Crippen MR) is 127 cm³/mol. The van der Waals surface area contributed by atoms with Gasteiger partial charge in [-0.05, 0) is 54.2 Å². The molecule has 0 saturated heterocycles. The molecule has 1 aliphatic carbocycles. The van der Waals surface area contributed by atoms with Crippen molar-refractivity contribution >= 4 is 34.7 Å². The molecular formula is C26H25ClO3S. The largest absolute Gasteiger partial charge is 0.481 e. The molecule has 2 aromatic carbocycles. The van der Waals surface area contributed by atoms with Crippen LogP contribution in [-0.2, 0) is 11.2 Å². The zero-order valence-corrected chi connectivity index (χ0v) is 18.8. The van der Waals surface area contributed by atoms with E-state index in [0.29, 0.717) is 11.4 Å². The third-order valence-corrected chi connectivity index (χ3v) is 7.42. The average Bonchev–Trinajstić information content (AvgIpc) is 3.23. The van der Waals surface area contributed by atoms with Crippen molar-refractivity contribution in [1.82, 2.24) is 0 Å². The van der Waals surface area contributed by atoms with E-state index in [9.17, 15) is 9.59 Å². The number of thiophene rings is 1. The van der Waals surface area contributed by atoms with Crippen molar-refractivity contribution in [2.45, 2.75) is 44.9 Å². The number of hydrogen-bond donors (Lipinski definition) is 1. The molecule has 0 unspecified atom stereocenters. The topological polar surface area (TPSA) is 54.4 Å². The highest BCUT2D eigenvalue weighted by Crippen LogP contribution is 2.42. The molecular weight excluding hydrogens is 428 g/mol. The normalized spacial score (nSPS) is 14.5. The van der Waals surface area contributed by atoms with E-state index in [1.54, 1.807) is 0 Å². The molecule has 0 amide bonds. The second kappa shape index (κ2) is 9.80. The zero-order valence-electron chi connectivity index (χ0n) is 17.3. The number of ketones is 1. The lowest BCUT2D eigenvalue weighted by atomic mass is 9.85. The van der Waals surface area contributed by atoms with Gasteiger partial charge in [-0.3, -0.25) is 9.59 Å². The Bertz CT molecular complexity index is 1080. The molecule has 3 aromatic rings. The minimum atomic E-state index is -0.814. The Morgan fingerprint density at radius 2 is 1.68 bits per heavy atom. The number of carboxylic acids is 1. The molecule has 1 N–H and O–H groups in total. The van der Waals surface area contributed by atoms with Gasteiger partial charge in [0.15, 0.2) is 5.78 Å². The van der Waals surface area contributed by atoms with Crippen LogP contribution in [0.15, 0.2) is 54.6 Å². The summed E-state index contributed by atoms with van der Waals surface area (Å²) in [7, 11) is 0. The van der Waals surface area contributed by atoms with E-state index in [4.69, 9.17) is 16.7 Å². The predicted octanol–water partition coefficient (Wildman–Crippen LogP) is 7.52. The summed E-state index contributed by atoms with van der Waals surface area (Å²) in [6, 6.07) is 17.6. The van der Waals surface area contributed by atoms with E-state index in [1.807, 2.05) is 54.6 Å². The Morgan fingerprint density at radius 3 is 2.39 bits per heavy atom. The van der Waals surface area contributed by atoms with Crippen LogP contribution in [0.1, 0.15) is 53.8 Å². The van der Waals surface area contributed by atoms with Crippen LogP contribution in [0.4, 0.5) is 0 Å². The second-order valence-corrected chi connectivity index (χ2v) is 9.60. The highest BCUT2D eigenvalue weighted by molar-refractivity contribution is 7.18. The van der Waals surface area contributed by atoms with Gasteiger partial charge in [0, 0.05) is 27.8 Å². The first-order valence-corrected chi connectivity index (χ1v) is 12.0. The van der Waals surface area contributed by atoms with Crippen LogP contribution >= 0.6 is 22.9 Å². The molecule has 5 heteroatoms. The lowest BCUT2D eigenvalue weighted by Gasteiger charge is -2.19. The minimum Gasteiger partial charge on any atom is -0.481 e. The fourth-order valence-corrected chi connectivity index (χ4v) is 5.66. The van der Waals surface area contributed by atoms with Gasteiger partial charge >= 0.3 is 5.97 Å². The van der Waals surface area contributed by atoms with Crippen LogP contribution in [0, 0.1) is 5.92 Å². The molecule has 1 heterocycles. The molecule has 3 nitrogen and oxygen atoms in total. The highest BCUT2D eigenvalue weighted by atomic mass is 35.5. The van der Waals surface area contributed by atoms with Crippen molar-refractivity contribution in [3.8, 4) is 21.6 Å². The van der Waals surface area contributed by atoms with Gasteiger partial charge in [-0.2, -0.15) is 0 Å². The molecule has 160 valence electrons. The molecule has 1 aromatic heterocycles. The van der Waals surface area contributed by atoms with Gasteiger partial charge in [-0.25, -0.2) is 0 Å². The van der Waals surface area contributed by atoms with Crippen molar-refractivity contribution in [2.75, 3.05) is 0 Å². The summed E-state index contributed by atoms with van der Waals surface area (Å²) in [5.74, 6) is -0.457. The maximum atomic E-state index is 13.3. The van der Waals surface area contributed by atoms with Crippen LogP contribution < -0.4 is 0 Å². The first kappa shape index (κ1) is 21.8. The number of benzene rings is 2. The molecule has 0 bridgehead atoms. The fourth-order valence-electron chi connectivity index (χ4n) is 4.34. The van der Waals surface area contributed by atoms with Gasteiger partial charge in [0.05, 0.1) is 4.88 Å². The van der Waals surface area contributed by atoms with Gasteiger partial charge in [0.1, 0.15) is 0 Å². The summed E-state index contributed by atoms with van der Waals surface area (Å²) < 4.78 is 0. The lowest BCUT2D eigenvalue weighted by molar-refractivity contribution is -0.136. The molecule has 4 rings (SSSR count). The van der Waals surface area contributed by atoms with Crippen molar-refractivity contribution in [2.24, 2.45) is 5.92 Å². The lowest BCUT2D eigenvalue weighted by Crippen LogP contribution is -2.16. The fraction of sp³-hybridized carbons (Fsp3) is 0.308. The molecule has 0 atom stereocenters.